The molecule has 3 atom stereocenters. The number of carbonyl (C=O) groups excluding carboxylic acids is 1. The van der Waals surface area contributed by atoms with Gasteiger partial charge in [-0.1, -0.05) is 26.0 Å². The van der Waals surface area contributed by atoms with Crippen LogP contribution < -0.4 is 5.32 Å². The normalized spacial score (nSPS) is 23.5. The number of fused-ring (bicyclic) bond motifs is 1. The summed E-state index contributed by atoms with van der Waals surface area (Å²) in [5.41, 5.74) is 3.04. The number of aryl methyl sites for hydroxylation is 1. The summed E-state index contributed by atoms with van der Waals surface area (Å²) in [7, 11) is 0. The number of amides is 1. The molecule has 2 unspecified atom stereocenters. The average molecular weight is 425 g/mol. The molecule has 1 saturated heterocycles. The van der Waals surface area contributed by atoms with E-state index in [4.69, 9.17) is 0 Å². The Bertz CT molecular complexity index is 899. The molecule has 31 heavy (non-hydrogen) atoms. The van der Waals surface area contributed by atoms with Crippen LogP contribution in [0.5, 0.6) is 5.75 Å². The van der Waals surface area contributed by atoms with Crippen LogP contribution in [0.4, 0.5) is 0 Å². The van der Waals surface area contributed by atoms with Crippen molar-refractivity contribution in [2.24, 2.45) is 5.92 Å². The second-order valence-electron chi connectivity index (χ2n) is 9.45. The number of benzene rings is 1. The van der Waals surface area contributed by atoms with Crippen LogP contribution in [0.2, 0.25) is 0 Å². The zero-order chi connectivity index (χ0) is 22.0. The van der Waals surface area contributed by atoms with Crippen molar-refractivity contribution in [2.75, 3.05) is 6.54 Å². The lowest BCUT2D eigenvalue weighted by Gasteiger charge is -2.41. The predicted molar refractivity (Wildman–Crippen MR) is 122 cm³/mol. The lowest BCUT2D eigenvalue weighted by Crippen LogP contribution is -2.53. The quantitative estimate of drug-likeness (QED) is 0.739. The van der Waals surface area contributed by atoms with Crippen LogP contribution in [0, 0.1) is 5.92 Å². The van der Waals surface area contributed by atoms with E-state index < -0.39 is 0 Å². The van der Waals surface area contributed by atoms with Gasteiger partial charge in [0.25, 0.3) is 0 Å². The molecule has 1 aliphatic heterocycles. The first-order valence-corrected chi connectivity index (χ1v) is 11.8. The van der Waals surface area contributed by atoms with Gasteiger partial charge in [0.1, 0.15) is 5.75 Å². The van der Waals surface area contributed by atoms with Crippen LogP contribution in [0.1, 0.15) is 69.1 Å². The Kier molecular flexibility index (Phi) is 6.65. The first kappa shape index (κ1) is 21.9. The minimum Gasteiger partial charge on any atom is -0.508 e. The monoisotopic (exact) mass is 424 g/mol. The molecular weight excluding hydrogens is 388 g/mol. The Labute approximate surface area is 185 Å². The van der Waals surface area contributed by atoms with Gasteiger partial charge < -0.3 is 15.3 Å². The standard InChI is InChI=1S/C25H36N4O2/c1-4-28-15-18(13-27-28)16-29(19-11-12-23(17(2)3)26-14-19)25(31)22-9-5-8-21-20(22)7-6-10-24(21)30/h6-7,10,13,15,17,19,22-23,26,30H,4-5,8-9,11-12,14,16H2,1-3H3/t19?,22-,23?/m0/s1. The Morgan fingerprint density at radius 2 is 2.16 bits per heavy atom. The van der Waals surface area contributed by atoms with E-state index in [1.54, 1.807) is 6.07 Å². The van der Waals surface area contributed by atoms with Crippen molar-refractivity contribution < 1.29 is 9.90 Å². The van der Waals surface area contributed by atoms with Gasteiger partial charge in [-0.2, -0.15) is 5.10 Å². The molecule has 1 aliphatic carbocycles. The number of phenols is 1. The van der Waals surface area contributed by atoms with Crippen LogP contribution in [-0.4, -0.2) is 44.3 Å². The van der Waals surface area contributed by atoms with Gasteiger partial charge in [0.15, 0.2) is 0 Å². The number of nitrogens with zero attached hydrogens (tertiary/aromatic N) is 3. The second kappa shape index (κ2) is 9.43. The summed E-state index contributed by atoms with van der Waals surface area (Å²) < 4.78 is 1.92. The van der Waals surface area contributed by atoms with Crippen molar-refractivity contribution in [3.05, 3.63) is 47.3 Å². The molecule has 2 heterocycles. The van der Waals surface area contributed by atoms with Gasteiger partial charge in [-0.3, -0.25) is 9.48 Å². The molecule has 4 rings (SSSR count). The molecule has 2 aliphatic rings. The van der Waals surface area contributed by atoms with Gasteiger partial charge in [0.05, 0.1) is 12.1 Å². The molecule has 6 nitrogen and oxygen atoms in total. The zero-order valence-corrected chi connectivity index (χ0v) is 19.1. The first-order chi connectivity index (χ1) is 15.0. The number of rotatable bonds is 6. The maximum Gasteiger partial charge on any atom is 0.230 e. The van der Waals surface area contributed by atoms with Crippen molar-refractivity contribution in [2.45, 2.75) is 84.0 Å². The number of piperidine rings is 1. The summed E-state index contributed by atoms with van der Waals surface area (Å²) in [5.74, 6) is 0.927. The maximum absolute atomic E-state index is 14.0. The van der Waals surface area contributed by atoms with Gasteiger partial charge in [-0.05, 0) is 62.1 Å². The zero-order valence-electron chi connectivity index (χ0n) is 19.1. The van der Waals surface area contributed by atoms with E-state index in [9.17, 15) is 9.90 Å². The van der Waals surface area contributed by atoms with Crippen LogP contribution in [0.15, 0.2) is 30.6 Å². The molecule has 1 aromatic carbocycles. The van der Waals surface area contributed by atoms with Crippen LogP contribution >= 0.6 is 0 Å². The molecule has 2 aromatic rings. The third kappa shape index (κ3) is 4.64. The van der Waals surface area contributed by atoms with E-state index in [0.717, 1.165) is 61.9 Å². The third-order valence-corrected chi connectivity index (χ3v) is 7.10. The number of nitrogens with one attached hydrogen (secondary N) is 1. The SMILES string of the molecule is CCn1cc(CN(C(=O)[C@H]2CCCc3c(O)cccc32)C2CCC(C(C)C)NC2)cn1. The largest absolute Gasteiger partial charge is 0.508 e. The molecule has 0 radical (unpaired) electrons. The molecule has 0 spiro atoms. The van der Waals surface area contributed by atoms with Gasteiger partial charge in [0.2, 0.25) is 5.91 Å². The number of hydrogen-bond donors (Lipinski definition) is 2. The van der Waals surface area contributed by atoms with Gasteiger partial charge in [-0.25, -0.2) is 0 Å². The molecule has 1 aromatic heterocycles. The minimum absolute atomic E-state index is 0.176. The number of hydrogen-bond acceptors (Lipinski definition) is 4. The fraction of sp³-hybridized carbons (Fsp3) is 0.600. The van der Waals surface area contributed by atoms with Crippen molar-refractivity contribution in [1.29, 1.82) is 0 Å². The van der Waals surface area contributed by atoms with Crippen molar-refractivity contribution >= 4 is 5.91 Å². The molecular formula is C25H36N4O2. The minimum atomic E-state index is -0.181. The lowest BCUT2D eigenvalue weighted by molar-refractivity contribution is -0.137. The molecule has 1 fully saturated rings. The summed E-state index contributed by atoms with van der Waals surface area (Å²) in [6, 6.07) is 6.32. The first-order valence-electron chi connectivity index (χ1n) is 11.8. The number of carbonyl (C=O) groups is 1. The highest BCUT2D eigenvalue weighted by Gasteiger charge is 2.36. The second-order valence-corrected chi connectivity index (χ2v) is 9.45. The van der Waals surface area contributed by atoms with Crippen LogP contribution in [0.3, 0.4) is 0 Å². The van der Waals surface area contributed by atoms with Gasteiger partial charge in [0, 0.05) is 43.5 Å². The topological polar surface area (TPSA) is 70.4 Å². The van der Waals surface area contributed by atoms with E-state index in [0.29, 0.717) is 24.3 Å². The Hall–Kier alpha value is -2.34. The summed E-state index contributed by atoms with van der Waals surface area (Å²) in [5, 5.41) is 18.4. The highest BCUT2D eigenvalue weighted by molar-refractivity contribution is 5.85. The van der Waals surface area contributed by atoms with Crippen molar-refractivity contribution in [1.82, 2.24) is 20.0 Å². The predicted octanol–water partition coefficient (Wildman–Crippen LogP) is 3.83. The lowest BCUT2D eigenvalue weighted by atomic mass is 9.81. The van der Waals surface area contributed by atoms with Crippen LogP contribution in [-0.2, 0) is 24.3 Å². The summed E-state index contributed by atoms with van der Waals surface area (Å²) in [6.45, 7) is 8.82. The van der Waals surface area contributed by atoms with Crippen molar-refractivity contribution in [3.63, 3.8) is 0 Å². The molecule has 0 bridgehead atoms. The third-order valence-electron chi connectivity index (χ3n) is 7.10. The van der Waals surface area contributed by atoms with Gasteiger partial charge in [-0.15, -0.1) is 0 Å². The smallest absolute Gasteiger partial charge is 0.230 e. The Morgan fingerprint density at radius 3 is 2.84 bits per heavy atom. The number of aromatic hydroxyl groups is 1. The summed E-state index contributed by atoms with van der Waals surface area (Å²) in [6.07, 6.45) is 8.66. The molecule has 168 valence electrons. The van der Waals surface area contributed by atoms with E-state index in [1.807, 2.05) is 29.2 Å². The molecule has 0 saturated carbocycles. The molecule has 2 N–H and O–H groups in total. The van der Waals surface area contributed by atoms with Crippen molar-refractivity contribution in [3.8, 4) is 5.75 Å². The fourth-order valence-electron chi connectivity index (χ4n) is 5.23. The molecule has 6 heteroatoms. The highest BCUT2D eigenvalue weighted by atomic mass is 16.3. The molecule has 1 amide bonds. The summed E-state index contributed by atoms with van der Waals surface area (Å²) >= 11 is 0. The summed E-state index contributed by atoms with van der Waals surface area (Å²) in [4.78, 5) is 16.0. The van der Waals surface area contributed by atoms with E-state index in [-0.39, 0.29) is 17.9 Å². The van der Waals surface area contributed by atoms with E-state index in [2.05, 4.69) is 36.1 Å². The Balaban J connectivity index is 1.60. The Morgan fingerprint density at radius 1 is 1.32 bits per heavy atom. The van der Waals surface area contributed by atoms with Crippen LogP contribution in [0.25, 0.3) is 0 Å². The number of phenolic OH excluding ortho intramolecular Hbond substituents is 1. The fourth-order valence-corrected chi connectivity index (χ4v) is 5.23. The highest BCUT2D eigenvalue weighted by Crippen LogP contribution is 2.38. The number of aromatic nitrogens is 2. The van der Waals surface area contributed by atoms with E-state index >= 15 is 0 Å². The van der Waals surface area contributed by atoms with E-state index in [1.165, 1.54) is 0 Å². The average Bonchev–Trinajstić information content (AvgIpc) is 3.25. The maximum atomic E-state index is 14.0. The van der Waals surface area contributed by atoms with Gasteiger partial charge >= 0.3 is 0 Å².